The highest BCUT2D eigenvalue weighted by molar-refractivity contribution is 5.79. The van der Waals surface area contributed by atoms with E-state index >= 15 is 0 Å². The summed E-state index contributed by atoms with van der Waals surface area (Å²) in [6.45, 7) is 2.53. The molecule has 2 heterocycles. The number of pyridine rings is 2. The van der Waals surface area contributed by atoms with Crippen molar-refractivity contribution >= 4 is 10.9 Å². The van der Waals surface area contributed by atoms with Crippen LogP contribution in [-0.4, -0.2) is 9.97 Å². The molecular formula is C17H17N3O. The zero-order chi connectivity index (χ0) is 14.7. The first-order chi connectivity index (χ1) is 10.3. The Labute approximate surface area is 123 Å². The first kappa shape index (κ1) is 13.5. The van der Waals surface area contributed by atoms with Crippen LogP contribution in [0.15, 0.2) is 48.7 Å². The van der Waals surface area contributed by atoms with Gasteiger partial charge in [0, 0.05) is 23.7 Å². The molecule has 2 aromatic heterocycles. The molecule has 21 heavy (non-hydrogen) atoms. The van der Waals surface area contributed by atoms with E-state index in [1.165, 1.54) is 0 Å². The number of hydrogen-bond donors (Lipinski definition) is 1. The zero-order valence-electron chi connectivity index (χ0n) is 11.9. The maximum Gasteiger partial charge on any atom is 0.219 e. The number of para-hydroxylation sites is 1. The fraction of sp³-hybridized carbons (Fsp3) is 0.176. The molecule has 0 radical (unpaired) electrons. The van der Waals surface area contributed by atoms with E-state index in [4.69, 9.17) is 10.5 Å². The van der Waals surface area contributed by atoms with E-state index in [1.54, 1.807) is 6.20 Å². The van der Waals surface area contributed by atoms with Gasteiger partial charge in [-0.05, 0) is 30.2 Å². The van der Waals surface area contributed by atoms with E-state index in [0.29, 0.717) is 18.2 Å². The summed E-state index contributed by atoms with van der Waals surface area (Å²) in [5.74, 6) is 1.24. The SMILES string of the molecule is CCc1cc(CN)cc(Oc2cnc3ccccc3c2)n1. The van der Waals surface area contributed by atoms with Crippen molar-refractivity contribution in [3.05, 3.63) is 59.9 Å². The van der Waals surface area contributed by atoms with Crippen LogP contribution in [0.2, 0.25) is 0 Å². The lowest BCUT2D eigenvalue weighted by atomic mass is 10.2. The fourth-order valence-corrected chi connectivity index (χ4v) is 2.20. The number of nitrogens with two attached hydrogens (primary N) is 1. The lowest BCUT2D eigenvalue weighted by Crippen LogP contribution is -2.01. The molecule has 4 nitrogen and oxygen atoms in total. The maximum atomic E-state index is 5.84. The lowest BCUT2D eigenvalue weighted by molar-refractivity contribution is 0.459. The van der Waals surface area contributed by atoms with Crippen molar-refractivity contribution < 1.29 is 4.74 Å². The molecule has 106 valence electrons. The topological polar surface area (TPSA) is 61.0 Å². The van der Waals surface area contributed by atoms with Gasteiger partial charge in [0.25, 0.3) is 0 Å². The quantitative estimate of drug-likeness (QED) is 0.794. The van der Waals surface area contributed by atoms with E-state index in [1.807, 2.05) is 42.5 Å². The van der Waals surface area contributed by atoms with Crippen LogP contribution in [0, 0.1) is 0 Å². The Morgan fingerprint density at radius 2 is 2.00 bits per heavy atom. The second-order valence-electron chi connectivity index (χ2n) is 4.83. The first-order valence-corrected chi connectivity index (χ1v) is 7.01. The third-order valence-electron chi connectivity index (χ3n) is 3.30. The maximum absolute atomic E-state index is 5.84. The van der Waals surface area contributed by atoms with Crippen molar-refractivity contribution in [3.8, 4) is 11.6 Å². The molecule has 1 aromatic carbocycles. The van der Waals surface area contributed by atoms with Crippen molar-refractivity contribution in [1.29, 1.82) is 0 Å². The Hall–Kier alpha value is -2.46. The van der Waals surface area contributed by atoms with Gasteiger partial charge in [0.1, 0.15) is 5.75 Å². The summed E-state index contributed by atoms with van der Waals surface area (Å²) >= 11 is 0. The zero-order valence-corrected chi connectivity index (χ0v) is 11.9. The number of ether oxygens (including phenoxy) is 1. The third kappa shape index (κ3) is 3.01. The molecule has 0 bridgehead atoms. The number of aryl methyl sites for hydroxylation is 1. The van der Waals surface area contributed by atoms with Gasteiger partial charge in [-0.2, -0.15) is 0 Å². The number of aromatic nitrogens is 2. The molecule has 0 saturated heterocycles. The van der Waals surface area contributed by atoms with Crippen molar-refractivity contribution in [2.75, 3.05) is 0 Å². The van der Waals surface area contributed by atoms with E-state index in [-0.39, 0.29) is 0 Å². The molecule has 0 aliphatic carbocycles. The number of rotatable bonds is 4. The summed E-state index contributed by atoms with van der Waals surface area (Å²) in [5.41, 5.74) is 8.65. The van der Waals surface area contributed by atoms with E-state index in [9.17, 15) is 0 Å². The molecule has 0 aliphatic heterocycles. The van der Waals surface area contributed by atoms with Crippen LogP contribution in [0.4, 0.5) is 0 Å². The molecule has 0 fully saturated rings. The van der Waals surface area contributed by atoms with Gasteiger partial charge in [-0.15, -0.1) is 0 Å². The Balaban J connectivity index is 1.94. The molecule has 0 aliphatic rings. The van der Waals surface area contributed by atoms with Crippen molar-refractivity contribution in [2.24, 2.45) is 5.73 Å². The van der Waals surface area contributed by atoms with Gasteiger partial charge >= 0.3 is 0 Å². The summed E-state index contributed by atoms with van der Waals surface area (Å²) in [7, 11) is 0. The predicted octanol–water partition coefficient (Wildman–Crippen LogP) is 3.44. The van der Waals surface area contributed by atoms with Crippen LogP contribution < -0.4 is 10.5 Å². The lowest BCUT2D eigenvalue weighted by Gasteiger charge is -2.09. The highest BCUT2D eigenvalue weighted by Gasteiger charge is 2.05. The normalized spacial score (nSPS) is 10.8. The van der Waals surface area contributed by atoms with Crippen molar-refractivity contribution in [3.63, 3.8) is 0 Å². The summed E-state index contributed by atoms with van der Waals surface area (Å²) in [5, 5.41) is 1.04. The number of benzene rings is 1. The van der Waals surface area contributed by atoms with Gasteiger partial charge in [0.05, 0.1) is 11.7 Å². The number of fused-ring (bicyclic) bond motifs is 1. The van der Waals surface area contributed by atoms with Crippen LogP contribution in [0.5, 0.6) is 11.6 Å². The minimum Gasteiger partial charge on any atom is -0.437 e. The molecule has 0 atom stereocenters. The largest absolute Gasteiger partial charge is 0.437 e. The van der Waals surface area contributed by atoms with Crippen LogP contribution >= 0.6 is 0 Å². The Kier molecular flexibility index (Phi) is 3.79. The molecule has 0 spiro atoms. The molecular weight excluding hydrogens is 262 g/mol. The van der Waals surface area contributed by atoms with Gasteiger partial charge < -0.3 is 10.5 Å². The van der Waals surface area contributed by atoms with E-state index < -0.39 is 0 Å². The molecule has 0 unspecified atom stereocenters. The van der Waals surface area contributed by atoms with Gasteiger partial charge in [-0.25, -0.2) is 4.98 Å². The monoisotopic (exact) mass is 279 g/mol. The van der Waals surface area contributed by atoms with Crippen LogP contribution in [0.3, 0.4) is 0 Å². The minimum absolute atomic E-state index is 0.474. The summed E-state index contributed by atoms with van der Waals surface area (Å²) < 4.78 is 5.84. The third-order valence-corrected chi connectivity index (χ3v) is 3.30. The van der Waals surface area contributed by atoms with E-state index in [0.717, 1.165) is 28.6 Å². The molecule has 3 aromatic rings. The molecule has 0 amide bonds. The molecule has 2 N–H and O–H groups in total. The summed E-state index contributed by atoms with van der Waals surface area (Å²) in [6.07, 6.45) is 2.56. The second-order valence-corrected chi connectivity index (χ2v) is 4.83. The van der Waals surface area contributed by atoms with Crippen molar-refractivity contribution in [2.45, 2.75) is 19.9 Å². The van der Waals surface area contributed by atoms with Gasteiger partial charge in [-0.1, -0.05) is 25.1 Å². The minimum atomic E-state index is 0.474. The van der Waals surface area contributed by atoms with Crippen LogP contribution in [0.1, 0.15) is 18.2 Å². The Bertz CT molecular complexity index is 749. The molecule has 0 saturated carbocycles. The summed E-state index contributed by atoms with van der Waals surface area (Å²) in [6, 6.07) is 13.8. The highest BCUT2D eigenvalue weighted by Crippen LogP contribution is 2.24. The van der Waals surface area contributed by atoms with Crippen molar-refractivity contribution in [1.82, 2.24) is 9.97 Å². The fourth-order valence-electron chi connectivity index (χ4n) is 2.20. The van der Waals surface area contributed by atoms with Gasteiger partial charge in [0.15, 0.2) is 0 Å². The van der Waals surface area contributed by atoms with Gasteiger partial charge in [0.2, 0.25) is 5.88 Å². The number of hydrogen-bond acceptors (Lipinski definition) is 4. The second kappa shape index (κ2) is 5.89. The number of nitrogens with zero attached hydrogens (tertiary/aromatic N) is 2. The Morgan fingerprint density at radius 1 is 1.14 bits per heavy atom. The summed E-state index contributed by atoms with van der Waals surface area (Å²) in [4.78, 5) is 8.85. The van der Waals surface area contributed by atoms with Crippen LogP contribution in [0.25, 0.3) is 10.9 Å². The van der Waals surface area contributed by atoms with Gasteiger partial charge in [-0.3, -0.25) is 4.98 Å². The molecule has 3 rings (SSSR count). The van der Waals surface area contributed by atoms with Crippen LogP contribution in [-0.2, 0) is 13.0 Å². The highest BCUT2D eigenvalue weighted by atomic mass is 16.5. The van der Waals surface area contributed by atoms with E-state index in [2.05, 4.69) is 16.9 Å². The smallest absolute Gasteiger partial charge is 0.219 e. The predicted molar refractivity (Wildman–Crippen MR) is 83.3 cm³/mol. The Morgan fingerprint density at radius 3 is 2.81 bits per heavy atom. The average Bonchev–Trinajstić information content (AvgIpc) is 2.54. The first-order valence-electron chi connectivity index (χ1n) is 7.01. The standard InChI is InChI=1S/C17H17N3O/c1-2-14-7-12(10-18)8-17(20-14)21-15-9-13-5-3-4-6-16(13)19-11-15/h3-9,11H,2,10,18H2,1H3. The average molecular weight is 279 g/mol. The molecule has 4 heteroatoms.